The number of nitrogens with zero attached hydrogens (tertiary/aromatic N) is 1. The van der Waals surface area contributed by atoms with Crippen molar-refractivity contribution >= 4 is 26.5 Å². The van der Waals surface area contributed by atoms with Gasteiger partial charge in [0.2, 0.25) is 9.84 Å². The fraction of sp³-hybridized carbons (Fsp3) is 0.0345. The van der Waals surface area contributed by atoms with Gasteiger partial charge in [-0.15, -0.1) is 0 Å². The molecule has 1 heterocycles. The first-order valence-electron chi connectivity index (χ1n) is 11.1. The molecule has 1 N–H and O–H groups in total. The van der Waals surface area contributed by atoms with Crippen LogP contribution in [0.25, 0.3) is 21.9 Å². The molecule has 5 rings (SSSR count). The molecular weight excluding hydrogens is 456 g/mol. The molecule has 0 aliphatic carbocycles. The topological polar surface area (TPSA) is 76.1 Å². The highest BCUT2D eigenvalue weighted by molar-refractivity contribution is 7.91. The summed E-state index contributed by atoms with van der Waals surface area (Å²) in [6.45, 7) is 0.285. The van der Waals surface area contributed by atoms with Crippen molar-refractivity contribution in [1.82, 2.24) is 10.3 Å². The van der Waals surface area contributed by atoms with Gasteiger partial charge < -0.3 is 5.32 Å². The van der Waals surface area contributed by atoms with Gasteiger partial charge in [0.25, 0.3) is 5.91 Å². The second kappa shape index (κ2) is 9.52. The number of carbonyl (C=O) groups is 1. The van der Waals surface area contributed by atoms with Gasteiger partial charge in [0, 0.05) is 29.9 Å². The normalized spacial score (nSPS) is 11.3. The van der Waals surface area contributed by atoms with Crippen LogP contribution < -0.4 is 5.32 Å². The van der Waals surface area contributed by atoms with E-state index in [1.165, 1.54) is 0 Å². The van der Waals surface area contributed by atoms with Gasteiger partial charge in [-0.3, -0.25) is 9.78 Å². The third-order valence-electron chi connectivity index (χ3n) is 5.84. The van der Waals surface area contributed by atoms with E-state index in [-0.39, 0.29) is 22.2 Å². The maximum atomic E-state index is 13.2. The lowest BCUT2D eigenvalue weighted by molar-refractivity contribution is 0.0951. The zero-order valence-electron chi connectivity index (χ0n) is 18.8. The lowest BCUT2D eigenvalue weighted by Gasteiger charge is -2.09. The van der Waals surface area contributed by atoms with E-state index in [1.54, 1.807) is 67.0 Å². The number of fused-ring (bicyclic) bond motifs is 1. The summed E-state index contributed by atoms with van der Waals surface area (Å²) in [5.41, 5.74) is 3.15. The number of sulfone groups is 1. The Hall–Kier alpha value is -4.29. The van der Waals surface area contributed by atoms with Crippen molar-refractivity contribution < 1.29 is 13.2 Å². The van der Waals surface area contributed by atoms with Crippen molar-refractivity contribution in [2.75, 3.05) is 0 Å². The van der Waals surface area contributed by atoms with E-state index in [0.717, 1.165) is 27.5 Å². The Morgan fingerprint density at radius 2 is 1.49 bits per heavy atom. The summed E-state index contributed by atoms with van der Waals surface area (Å²) in [4.78, 5) is 17.1. The van der Waals surface area contributed by atoms with E-state index in [2.05, 4.69) is 10.3 Å². The molecule has 4 aromatic carbocycles. The molecule has 0 aliphatic rings. The largest absolute Gasteiger partial charge is 0.348 e. The fourth-order valence-electron chi connectivity index (χ4n) is 3.91. The second-order valence-corrected chi connectivity index (χ2v) is 10.1. The van der Waals surface area contributed by atoms with Gasteiger partial charge >= 0.3 is 0 Å². The molecule has 5 aromatic rings. The number of hydrogen-bond donors (Lipinski definition) is 1. The smallest absolute Gasteiger partial charge is 0.251 e. The standard InChI is InChI=1S/C29H22N2O3S/c32-29(25-12-11-23-15-16-30-20-26(23)17-25)31-19-21-9-13-27(14-10-21)35(33,34)28-8-4-7-24(18-28)22-5-2-1-3-6-22/h1-18,20H,19H2,(H,31,32). The first kappa shape index (κ1) is 22.5. The highest BCUT2D eigenvalue weighted by atomic mass is 32.2. The van der Waals surface area contributed by atoms with Crippen LogP contribution in [0.5, 0.6) is 0 Å². The molecule has 1 amide bonds. The van der Waals surface area contributed by atoms with Crippen LogP contribution >= 0.6 is 0 Å². The quantitative estimate of drug-likeness (QED) is 0.341. The molecular formula is C29H22N2O3S. The van der Waals surface area contributed by atoms with Crippen molar-refractivity contribution in [2.45, 2.75) is 16.3 Å². The predicted molar refractivity (Wildman–Crippen MR) is 137 cm³/mol. The van der Waals surface area contributed by atoms with Crippen molar-refractivity contribution in [3.8, 4) is 11.1 Å². The van der Waals surface area contributed by atoms with Crippen molar-refractivity contribution in [3.63, 3.8) is 0 Å². The molecule has 35 heavy (non-hydrogen) atoms. The molecule has 0 saturated carbocycles. The number of carbonyl (C=O) groups excluding carboxylic acids is 1. The van der Waals surface area contributed by atoms with Crippen LogP contribution in [0.15, 0.2) is 125 Å². The summed E-state index contributed by atoms with van der Waals surface area (Å²) in [6.07, 6.45) is 3.44. The van der Waals surface area contributed by atoms with Gasteiger partial charge in [-0.2, -0.15) is 0 Å². The Kier molecular flexibility index (Phi) is 6.12. The molecule has 0 saturated heterocycles. The highest BCUT2D eigenvalue weighted by Crippen LogP contribution is 2.26. The molecule has 0 fully saturated rings. The minimum Gasteiger partial charge on any atom is -0.348 e. The average Bonchev–Trinajstić information content (AvgIpc) is 2.92. The number of benzene rings is 4. The van der Waals surface area contributed by atoms with Crippen LogP contribution in [0.3, 0.4) is 0 Å². The van der Waals surface area contributed by atoms with Crippen molar-refractivity contribution in [3.05, 3.63) is 127 Å². The number of hydrogen-bond acceptors (Lipinski definition) is 4. The number of rotatable bonds is 6. The fourth-order valence-corrected chi connectivity index (χ4v) is 5.21. The van der Waals surface area contributed by atoms with Gasteiger partial charge in [0.15, 0.2) is 0 Å². The maximum absolute atomic E-state index is 13.2. The zero-order chi connectivity index (χ0) is 24.3. The lowest BCUT2D eigenvalue weighted by atomic mass is 10.1. The Labute approximate surface area is 204 Å². The van der Waals surface area contributed by atoms with Crippen molar-refractivity contribution in [2.24, 2.45) is 0 Å². The van der Waals surface area contributed by atoms with Crippen LogP contribution in [0.4, 0.5) is 0 Å². The Balaban J connectivity index is 1.30. The molecule has 6 heteroatoms. The lowest BCUT2D eigenvalue weighted by Crippen LogP contribution is -2.22. The van der Waals surface area contributed by atoms with Crippen molar-refractivity contribution in [1.29, 1.82) is 0 Å². The molecule has 0 aliphatic heterocycles. The predicted octanol–water partition coefficient (Wildman–Crippen LogP) is 5.66. The maximum Gasteiger partial charge on any atom is 0.251 e. The minimum absolute atomic E-state index is 0.204. The van der Waals surface area contributed by atoms with Gasteiger partial charge in [-0.25, -0.2) is 8.42 Å². The Morgan fingerprint density at radius 3 is 2.29 bits per heavy atom. The van der Waals surface area contributed by atoms with Crippen LogP contribution in [0.2, 0.25) is 0 Å². The summed E-state index contributed by atoms with van der Waals surface area (Å²) < 4.78 is 26.4. The Morgan fingerprint density at radius 1 is 0.714 bits per heavy atom. The summed E-state index contributed by atoms with van der Waals surface area (Å²) in [5, 5.41) is 4.80. The first-order valence-corrected chi connectivity index (χ1v) is 12.6. The third kappa shape index (κ3) is 4.83. The Bertz CT molecular complexity index is 1610. The van der Waals surface area contributed by atoms with E-state index in [4.69, 9.17) is 0 Å². The minimum atomic E-state index is -3.67. The monoisotopic (exact) mass is 478 g/mol. The van der Waals surface area contributed by atoms with E-state index in [9.17, 15) is 13.2 Å². The second-order valence-electron chi connectivity index (χ2n) is 8.16. The van der Waals surface area contributed by atoms with Crippen LogP contribution in [-0.4, -0.2) is 19.3 Å². The highest BCUT2D eigenvalue weighted by Gasteiger charge is 2.18. The molecule has 0 radical (unpaired) electrons. The number of pyridine rings is 1. The number of nitrogens with one attached hydrogen (secondary N) is 1. The summed E-state index contributed by atoms with van der Waals surface area (Å²) in [5.74, 6) is -0.204. The van der Waals surface area contributed by atoms with Gasteiger partial charge in [0.1, 0.15) is 0 Å². The van der Waals surface area contributed by atoms with Gasteiger partial charge in [-0.1, -0.05) is 60.7 Å². The number of amides is 1. The van der Waals surface area contributed by atoms with E-state index < -0.39 is 9.84 Å². The van der Waals surface area contributed by atoms with E-state index >= 15 is 0 Å². The summed E-state index contributed by atoms with van der Waals surface area (Å²) >= 11 is 0. The summed E-state index contributed by atoms with van der Waals surface area (Å²) in [6, 6.07) is 30.6. The van der Waals surface area contributed by atoms with Gasteiger partial charge in [0.05, 0.1) is 9.79 Å². The van der Waals surface area contributed by atoms with E-state index in [1.807, 2.05) is 48.5 Å². The zero-order valence-corrected chi connectivity index (χ0v) is 19.6. The average molecular weight is 479 g/mol. The molecule has 1 aromatic heterocycles. The van der Waals surface area contributed by atoms with Crippen LogP contribution in [-0.2, 0) is 16.4 Å². The molecule has 0 unspecified atom stereocenters. The third-order valence-corrected chi connectivity index (χ3v) is 7.61. The molecule has 0 bridgehead atoms. The van der Waals surface area contributed by atoms with Crippen LogP contribution in [0.1, 0.15) is 15.9 Å². The van der Waals surface area contributed by atoms with Crippen LogP contribution in [0, 0.1) is 0 Å². The molecule has 0 spiro atoms. The number of aromatic nitrogens is 1. The molecule has 0 atom stereocenters. The first-order chi connectivity index (χ1) is 17.0. The SMILES string of the molecule is O=C(NCc1ccc(S(=O)(=O)c2cccc(-c3ccccc3)c2)cc1)c1ccc2ccncc2c1. The van der Waals surface area contributed by atoms with E-state index in [0.29, 0.717) is 5.56 Å². The molecule has 172 valence electrons. The molecule has 5 nitrogen and oxygen atoms in total. The van der Waals surface area contributed by atoms with Gasteiger partial charge in [-0.05, 0) is 64.5 Å². The summed E-state index contributed by atoms with van der Waals surface area (Å²) in [7, 11) is -3.67.